The molecule has 13 heteroatoms. The van der Waals surface area contributed by atoms with Gasteiger partial charge in [0.1, 0.15) is 11.6 Å². The summed E-state index contributed by atoms with van der Waals surface area (Å²) < 4.78 is 54.3. The number of halogens is 2. The molecule has 1 aliphatic rings. The number of aromatic nitrogens is 3. The van der Waals surface area contributed by atoms with E-state index < -0.39 is 21.9 Å². The predicted molar refractivity (Wildman–Crippen MR) is 165 cm³/mol. The third-order valence-electron chi connectivity index (χ3n) is 6.94. The molecule has 3 heterocycles. The first-order chi connectivity index (χ1) is 19.7. The highest BCUT2D eigenvalue weighted by Gasteiger charge is 2.22. The Bertz CT molecular complexity index is 1650. The topological polar surface area (TPSA) is 127 Å². The van der Waals surface area contributed by atoms with Crippen LogP contribution in [-0.4, -0.2) is 61.5 Å². The van der Waals surface area contributed by atoms with Gasteiger partial charge in [-0.05, 0) is 69.1 Å². The van der Waals surface area contributed by atoms with Crippen LogP contribution in [0.5, 0.6) is 11.6 Å². The predicted octanol–water partition coefficient (Wildman–Crippen LogP) is 5.29. The Labute approximate surface area is 250 Å². The minimum Gasteiger partial charge on any atom is -0.437 e. The summed E-state index contributed by atoms with van der Waals surface area (Å²) in [7, 11) is -2.47. The number of anilines is 2. The lowest BCUT2D eigenvalue weighted by Crippen LogP contribution is -2.38. The van der Waals surface area contributed by atoms with Gasteiger partial charge in [0, 0.05) is 42.9 Å². The quantitative estimate of drug-likeness (QED) is 0.218. The molecule has 224 valence electrons. The largest absolute Gasteiger partial charge is 0.437 e. The van der Waals surface area contributed by atoms with E-state index in [-0.39, 0.29) is 29.9 Å². The fraction of sp³-hybridized carbons (Fsp3) is 0.345. The Morgan fingerprint density at radius 1 is 1.12 bits per heavy atom. The summed E-state index contributed by atoms with van der Waals surface area (Å²) in [6, 6.07) is 11.9. The Balaban J connectivity index is 0.00000405. The molecule has 0 radical (unpaired) electrons. The van der Waals surface area contributed by atoms with E-state index in [1.54, 1.807) is 49.6 Å². The Hall–Kier alpha value is -3.58. The van der Waals surface area contributed by atoms with Crippen molar-refractivity contribution in [1.29, 1.82) is 0 Å². The number of nitrogens with zero attached hydrogens (tertiary/aromatic N) is 3. The molecule has 2 atom stereocenters. The van der Waals surface area contributed by atoms with Gasteiger partial charge in [-0.3, -0.25) is 4.72 Å². The molecule has 0 bridgehead atoms. The van der Waals surface area contributed by atoms with Crippen LogP contribution in [0.1, 0.15) is 25.3 Å². The normalized spacial score (nSPS) is 16.0. The number of hydrogen-bond donors (Lipinski definition) is 3. The van der Waals surface area contributed by atoms with Gasteiger partial charge in [0.05, 0.1) is 28.8 Å². The Morgan fingerprint density at radius 2 is 1.93 bits per heavy atom. The summed E-state index contributed by atoms with van der Waals surface area (Å²) in [6.07, 6.45) is 4.86. The molecule has 42 heavy (non-hydrogen) atoms. The van der Waals surface area contributed by atoms with E-state index in [0.717, 1.165) is 31.5 Å². The molecule has 1 saturated heterocycles. The van der Waals surface area contributed by atoms with Crippen LogP contribution in [0.2, 0.25) is 0 Å². The molecule has 2 aromatic heterocycles. The van der Waals surface area contributed by atoms with E-state index in [1.165, 1.54) is 13.2 Å². The van der Waals surface area contributed by atoms with Gasteiger partial charge in [-0.1, -0.05) is 12.1 Å². The maximum atomic E-state index is 15.0. The zero-order chi connectivity index (χ0) is 29.0. The van der Waals surface area contributed by atoms with Crippen molar-refractivity contribution < 1.29 is 22.3 Å². The van der Waals surface area contributed by atoms with Crippen LogP contribution < -0.4 is 20.1 Å². The number of hydrogen-bond acceptors (Lipinski definition) is 9. The van der Waals surface area contributed by atoms with Crippen molar-refractivity contribution in [2.75, 3.05) is 36.0 Å². The average molecular weight is 617 g/mol. The van der Waals surface area contributed by atoms with Crippen molar-refractivity contribution in [2.24, 2.45) is 0 Å². The molecule has 0 amide bonds. The molecule has 0 aliphatic carbocycles. The fourth-order valence-electron chi connectivity index (χ4n) is 4.77. The van der Waals surface area contributed by atoms with Crippen LogP contribution in [-0.2, 0) is 14.8 Å². The molecule has 2 aromatic carbocycles. The van der Waals surface area contributed by atoms with Gasteiger partial charge in [-0.15, -0.1) is 12.4 Å². The summed E-state index contributed by atoms with van der Waals surface area (Å²) in [5.74, 6) is 0.219. The van der Waals surface area contributed by atoms with Crippen molar-refractivity contribution in [1.82, 2.24) is 20.3 Å². The summed E-state index contributed by atoms with van der Waals surface area (Å²) >= 11 is 0. The highest BCUT2D eigenvalue weighted by Crippen LogP contribution is 2.39. The molecule has 1 unspecified atom stereocenters. The molecular formula is C29H34ClFN6O4S. The van der Waals surface area contributed by atoms with Crippen LogP contribution in [0.3, 0.4) is 0 Å². The first-order valence-electron chi connectivity index (χ1n) is 13.4. The summed E-state index contributed by atoms with van der Waals surface area (Å²) in [6.45, 7) is 5.34. The van der Waals surface area contributed by atoms with E-state index in [9.17, 15) is 12.8 Å². The zero-order valence-corrected chi connectivity index (χ0v) is 25.2. The minimum absolute atomic E-state index is 0. The van der Waals surface area contributed by atoms with Gasteiger partial charge in [-0.25, -0.2) is 27.8 Å². The van der Waals surface area contributed by atoms with Gasteiger partial charge in [0.15, 0.2) is 0 Å². The molecular weight excluding hydrogens is 583 g/mol. The average Bonchev–Trinajstić information content (AvgIpc) is 2.96. The van der Waals surface area contributed by atoms with E-state index in [4.69, 9.17) is 14.5 Å². The molecule has 0 saturated carbocycles. The summed E-state index contributed by atoms with van der Waals surface area (Å²) in [5.41, 5.74) is 1.88. The first kappa shape index (κ1) is 31.4. The molecule has 1 fully saturated rings. The van der Waals surface area contributed by atoms with Gasteiger partial charge in [0.25, 0.3) is 0 Å². The van der Waals surface area contributed by atoms with Crippen molar-refractivity contribution in [3.05, 3.63) is 66.2 Å². The van der Waals surface area contributed by atoms with Crippen molar-refractivity contribution in [3.63, 3.8) is 0 Å². The van der Waals surface area contributed by atoms with Crippen LogP contribution in [0.4, 0.5) is 16.0 Å². The summed E-state index contributed by atoms with van der Waals surface area (Å²) in [4.78, 5) is 13.6. The number of aryl methyl sites for hydroxylation is 1. The standard InChI is InChI=1S/C29H33FN6O4S.ClH/c1-18-8-9-21-22(10-11-24(30)26(21)36-41(37,38)17-19(2)39-3)27(18)40-28-23(7-5-14-32-28)25-12-15-33-29(35-25)34-20-6-4-13-31-16-20;/h5,7-12,14-15,19-20,31,36H,4,6,13,16-17H2,1-3H3,(H,33,34,35);1H/t19?,20-;/m0./s1. The first-order valence-corrected chi connectivity index (χ1v) is 15.1. The lowest BCUT2D eigenvalue weighted by atomic mass is 10.0. The Morgan fingerprint density at radius 3 is 2.69 bits per heavy atom. The third-order valence-corrected chi connectivity index (χ3v) is 8.37. The maximum Gasteiger partial charge on any atom is 0.235 e. The number of sulfonamides is 1. The smallest absolute Gasteiger partial charge is 0.235 e. The van der Waals surface area contributed by atoms with E-state index >= 15 is 0 Å². The monoisotopic (exact) mass is 616 g/mol. The number of rotatable bonds is 10. The van der Waals surface area contributed by atoms with Crippen LogP contribution in [0.15, 0.2) is 54.9 Å². The molecule has 10 nitrogen and oxygen atoms in total. The molecule has 4 aromatic rings. The zero-order valence-electron chi connectivity index (χ0n) is 23.6. The third kappa shape index (κ3) is 7.24. The number of piperidine rings is 1. The molecule has 1 aliphatic heterocycles. The van der Waals surface area contributed by atoms with Crippen molar-refractivity contribution in [3.8, 4) is 22.9 Å². The SMILES string of the molecule is COC(C)CS(=O)(=O)Nc1c(F)ccc2c(Oc3ncccc3-c3ccnc(N[C@H]4CCCNC4)n3)c(C)ccc12.Cl. The van der Waals surface area contributed by atoms with Gasteiger partial charge < -0.3 is 20.1 Å². The molecule has 5 rings (SSSR count). The van der Waals surface area contributed by atoms with Crippen LogP contribution in [0.25, 0.3) is 22.0 Å². The van der Waals surface area contributed by atoms with Crippen LogP contribution in [0, 0.1) is 12.7 Å². The lowest BCUT2D eigenvalue weighted by Gasteiger charge is -2.23. The second-order valence-corrected chi connectivity index (χ2v) is 11.8. The molecule has 0 spiro atoms. The number of ether oxygens (including phenoxy) is 2. The summed E-state index contributed by atoms with van der Waals surface area (Å²) in [5, 5.41) is 7.64. The number of methoxy groups -OCH3 is 1. The second-order valence-electron chi connectivity index (χ2n) is 10.1. The minimum atomic E-state index is -3.89. The van der Waals surface area contributed by atoms with E-state index in [2.05, 4.69) is 25.3 Å². The maximum absolute atomic E-state index is 15.0. The Kier molecular flexibility index (Phi) is 10.2. The van der Waals surface area contributed by atoms with Crippen molar-refractivity contribution in [2.45, 2.75) is 38.8 Å². The number of nitrogens with one attached hydrogen (secondary N) is 3. The van der Waals surface area contributed by atoms with E-state index in [1.807, 2.05) is 13.0 Å². The van der Waals surface area contributed by atoms with Crippen molar-refractivity contribution >= 4 is 44.8 Å². The van der Waals surface area contributed by atoms with Gasteiger partial charge >= 0.3 is 0 Å². The lowest BCUT2D eigenvalue weighted by molar-refractivity contribution is 0.136. The highest BCUT2D eigenvalue weighted by molar-refractivity contribution is 7.92. The van der Waals surface area contributed by atoms with Crippen LogP contribution >= 0.6 is 12.4 Å². The number of pyridine rings is 1. The highest BCUT2D eigenvalue weighted by atomic mass is 35.5. The number of benzene rings is 2. The fourth-order valence-corrected chi connectivity index (χ4v) is 6.13. The van der Waals surface area contributed by atoms with Gasteiger partial charge in [-0.2, -0.15) is 0 Å². The molecule has 3 N–H and O–H groups in total. The van der Waals surface area contributed by atoms with Gasteiger partial charge in [0.2, 0.25) is 21.9 Å². The van der Waals surface area contributed by atoms with E-state index in [0.29, 0.717) is 39.6 Å². The number of fused-ring (bicyclic) bond motifs is 1. The second kappa shape index (κ2) is 13.6.